The van der Waals surface area contributed by atoms with Crippen molar-refractivity contribution in [1.82, 2.24) is 33.5 Å². The standard InChI is InChI=1S/C26H30N8O2S/c1-31(23-8-2-5-20-6-3-11-28-25(20)23)18-21-19-34-24(30-21)9-12-29-26(34)32-13-15-33(16-14-32)37(35,36)22-7-4-10-27-17-22/h3-4,6-7,9-12,17,19,23H,2,5,8,13-16,18H2,1H3. The Bertz CT molecular complexity index is 1500. The van der Waals surface area contributed by atoms with Gasteiger partial charge >= 0.3 is 0 Å². The fourth-order valence-corrected chi connectivity index (χ4v) is 6.81. The van der Waals surface area contributed by atoms with Crippen molar-refractivity contribution >= 4 is 21.6 Å². The van der Waals surface area contributed by atoms with Crippen LogP contribution in [-0.2, 0) is 23.0 Å². The van der Waals surface area contributed by atoms with Gasteiger partial charge in [0.15, 0.2) is 0 Å². The second-order valence-corrected chi connectivity index (χ2v) is 11.6. The molecule has 1 saturated heterocycles. The van der Waals surface area contributed by atoms with Crippen molar-refractivity contribution in [3.05, 3.63) is 78.3 Å². The average Bonchev–Trinajstić information content (AvgIpc) is 3.36. The van der Waals surface area contributed by atoms with Crippen LogP contribution in [0.3, 0.4) is 0 Å². The Balaban J connectivity index is 1.18. The molecule has 2 aliphatic rings. The maximum Gasteiger partial charge on any atom is 0.244 e. The molecule has 0 N–H and O–H groups in total. The zero-order chi connectivity index (χ0) is 25.4. The maximum absolute atomic E-state index is 13.0. The lowest BCUT2D eigenvalue weighted by molar-refractivity contribution is 0.206. The normalized spacial score (nSPS) is 18.9. The molecule has 1 aliphatic carbocycles. The number of imidazole rings is 1. The smallest absolute Gasteiger partial charge is 0.244 e. The highest BCUT2D eigenvalue weighted by atomic mass is 32.2. The largest absolute Gasteiger partial charge is 0.339 e. The lowest BCUT2D eigenvalue weighted by Gasteiger charge is -2.34. The van der Waals surface area contributed by atoms with E-state index < -0.39 is 10.0 Å². The Morgan fingerprint density at radius 3 is 2.68 bits per heavy atom. The lowest BCUT2D eigenvalue weighted by Crippen LogP contribution is -2.49. The Morgan fingerprint density at radius 1 is 1.03 bits per heavy atom. The fraction of sp³-hybridized carbons (Fsp3) is 0.385. The van der Waals surface area contributed by atoms with E-state index in [1.807, 2.05) is 22.7 Å². The van der Waals surface area contributed by atoms with Crippen LogP contribution in [0.15, 0.2) is 66.2 Å². The predicted octanol–water partition coefficient (Wildman–Crippen LogP) is 2.54. The highest BCUT2D eigenvalue weighted by molar-refractivity contribution is 7.89. The fourth-order valence-electron chi connectivity index (χ4n) is 5.42. The number of aromatic nitrogens is 5. The highest BCUT2D eigenvalue weighted by Gasteiger charge is 2.30. The van der Waals surface area contributed by atoms with Crippen LogP contribution in [0, 0.1) is 0 Å². The molecule has 4 aromatic heterocycles. The van der Waals surface area contributed by atoms with Crippen LogP contribution in [0.5, 0.6) is 0 Å². The van der Waals surface area contributed by atoms with Gasteiger partial charge in [0.2, 0.25) is 16.0 Å². The molecule has 37 heavy (non-hydrogen) atoms. The highest BCUT2D eigenvalue weighted by Crippen LogP contribution is 2.32. The summed E-state index contributed by atoms with van der Waals surface area (Å²) in [7, 11) is -1.42. The predicted molar refractivity (Wildman–Crippen MR) is 140 cm³/mol. The number of piperazine rings is 1. The van der Waals surface area contributed by atoms with Crippen LogP contribution < -0.4 is 4.90 Å². The summed E-state index contributed by atoms with van der Waals surface area (Å²) < 4.78 is 29.5. The van der Waals surface area contributed by atoms with Gasteiger partial charge in [0.25, 0.3) is 0 Å². The summed E-state index contributed by atoms with van der Waals surface area (Å²) in [6.07, 6.45) is 12.0. The second kappa shape index (κ2) is 9.81. The molecule has 0 aromatic carbocycles. The Hall–Kier alpha value is -3.41. The molecule has 10 nitrogen and oxygen atoms in total. The van der Waals surface area contributed by atoms with Gasteiger partial charge in [-0.1, -0.05) is 6.07 Å². The van der Waals surface area contributed by atoms with Gasteiger partial charge in [0.1, 0.15) is 10.5 Å². The summed E-state index contributed by atoms with van der Waals surface area (Å²) in [6.45, 7) is 2.56. The van der Waals surface area contributed by atoms with E-state index in [1.54, 1.807) is 24.5 Å². The summed E-state index contributed by atoms with van der Waals surface area (Å²) in [4.78, 5) is 22.8. The van der Waals surface area contributed by atoms with Crippen LogP contribution in [0.1, 0.15) is 35.8 Å². The van der Waals surface area contributed by atoms with Crippen molar-refractivity contribution < 1.29 is 8.42 Å². The zero-order valence-corrected chi connectivity index (χ0v) is 21.6. The maximum atomic E-state index is 13.0. The molecule has 0 spiro atoms. The van der Waals surface area contributed by atoms with E-state index in [0.717, 1.165) is 36.6 Å². The van der Waals surface area contributed by atoms with E-state index in [9.17, 15) is 8.42 Å². The molecule has 1 aliphatic heterocycles. The summed E-state index contributed by atoms with van der Waals surface area (Å²) in [6, 6.07) is 9.63. The first-order valence-corrected chi connectivity index (χ1v) is 14.1. The van der Waals surface area contributed by atoms with E-state index in [-0.39, 0.29) is 10.9 Å². The molecular formula is C26H30N8O2S. The number of pyridine rings is 2. The summed E-state index contributed by atoms with van der Waals surface area (Å²) in [5, 5.41) is 0. The Morgan fingerprint density at radius 2 is 1.86 bits per heavy atom. The number of anilines is 1. The van der Waals surface area contributed by atoms with Crippen LogP contribution in [0.25, 0.3) is 5.65 Å². The monoisotopic (exact) mass is 518 g/mol. The quantitative estimate of drug-likeness (QED) is 0.384. The number of sulfonamides is 1. The van der Waals surface area contributed by atoms with Gasteiger partial charge in [0, 0.05) is 63.7 Å². The van der Waals surface area contributed by atoms with Crippen LogP contribution in [0.4, 0.5) is 5.95 Å². The van der Waals surface area contributed by atoms with Gasteiger partial charge in [-0.25, -0.2) is 18.4 Å². The van der Waals surface area contributed by atoms with Crippen LogP contribution in [0.2, 0.25) is 0 Å². The Labute approximate surface area is 216 Å². The number of hydrogen-bond acceptors (Lipinski definition) is 8. The number of rotatable bonds is 6. The zero-order valence-electron chi connectivity index (χ0n) is 20.8. The minimum absolute atomic E-state index is 0.225. The van der Waals surface area contributed by atoms with E-state index in [4.69, 9.17) is 4.98 Å². The molecule has 1 atom stereocenters. The molecule has 4 aromatic rings. The topological polar surface area (TPSA) is 99.8 Å². The molecule has 0 amide bonds. The third kappa shape index (κ3) is 4.58. The third-order valence-corrected chi connectivity index (χ3v) is 9.20. The molecule has 1 fully saturated rings. The van der Waals surface area contributed by atoms with Gasteiger partial charge in [-0.15, -0.1) is 0 Å². The molecular weight excluding hydrogens is 488 g/mol. The van der Waals surface area contributed by atoms with Gasteiger partial charge < -0.3 is 4.90 Å². The SMILES string of the molecule is CN(Cc1cn2c(N3CCN(S(=O)(=O)c4cccnc4)CC3)nccc2n1)C1CCCc2cccnc21. The van der Waals surface area contributed by atoms with E-state index in [1.165, 1.54) is 21.8 Å². The molecule has 0 bridgehead atoms. The van der Waals surface area contributed by atoms with Crippen molar-refractivity contribution in [2.75, 3.05) is 38.1 Å². The molecule has 0 saturated carbocycles. The van der Waals surface area contributed by atoms with Crippen molar-refractivity contribution in [1.29, 1.82) is 0 Å². The molecule has 11 heteroatoms. The third-order valence-electron chi connectivity index (χ3n) is 7.31. The van der Waals surface area contributed by atoms with Crippen molar-refractivity contribution in [3.63, 3.8) is 0 Å². The van der Waals surface area contributed by atoms with Gasteiger partial charge in [-0.05, 0) is 56.1 Å². The van der Waals surface area contributed by atoms with Crippen molar-refractivity contribution in [2.24, 2.45) is 0 Å². The van der Waals surface area contributed by atoms with Crippen molar-refractivity contribution in [3.8, 4) is 0 Å². The molecule has 192 valence electrons. The Kier molecular flexibility index (Phi) is 6.35. The van der Waals surface area contributed by atoms with Gasteiger partial charge in [-0.3, -0.25) is 19.3 Å². The summed E-state index contributed by atoms with van der Waals surface area (Å²) >= 11 is 0. The van der Waals surface area contributed by atoms with Gasteiger partial charge in [-0.2, -0.15) is 4.31 Å². The average molecular weight is 519 g/mol. The molecule has 0 radical (unpaired) electrons. The summed E-state index contributed by atoms with van der Waals surface area (Å²) in [5.74, 6) is 0.780. The minimum Gasteiger partial charge on any atom is -0.339 e. The van der Waals surface area contributed by atoms with Crippen LogP contribution >= 0.6 is 0 Å². The minimum atomic E-state index is -3.56. The molecule has 6 rings (SSSR count). The summed E-state index contributed by atoms with van der Waals surface area (Å²) in [5.41, 5.74) is 4.33. The van der Waals surface area contributed by atoms with E-state index >= 15 is 0 Å². The molecule has 1 unspecified atom stereocenters. The number of fused-ring (bicyclic) bond motifs is 2. The second-order valence-electron chi connectivity index (χ2n) is 9.66. The number of hydrogen-bond donors (Lipinski definition) is 0. The first kappa shape index (κ1) is 24.0. The number of aryl methyl sites for hydroxylation is 1. The van der Waals surface area contributed by atoms with E-state index in [2.05, 4.69) is 44.1 Å². The first-order chi connectivity index (χ1) is 18.0. The first-order valence-electron chi connectivity index (χ1n) is 12.6. The molecule has 5 heterocycles. The van der Waals surface area contributed by atoms with Crippen LogP contribution in [-0.4, -0.2) is 75.2 Å². The lowest BCUT2D eigenvalue weighted by atomic mass is 9.91. The van der Waals surface area contributed by atoms with Gasteiger partial charge in [0.05, 0.1) is 17.4 Å². The van der Waals surface area contributed by atoms with Crippen molar-refractivity contribution in [2.45, 2.75) is 36.7 Å². The number of nitrogens with zero attached hydrogens (tertiary/aromatic N) is 8. The van der Waals surface area contributed by atoms with E-state index in [0.29, 0.717) is 32.7 Å².